The van der Waals surface area contributed by atoms with E-state index in [1.807, 2.05) is 38.4 Å². The normalized spacial score (nSPS) is 10.9. The second-order valence-electron chi connectivity index (χ2n) is 4.93. The Bertz CT molecular complexity index is 592. The van der Waals surface area contributed by atoms with E-state index < -0.39 is 0 Å². The maximum atomic E-state index is 11.1. The third-order valence-corrected chi connectivity index (χ3v) is 2.80. The second kappa shape index (κ2) is 6.96. The first-order chi connectivity index (χ1) is 10.1. The molecule has 1 amide bonds. The van der Waals surface area contributed by atoms with Gasteiger partial charge in [0.05, 0.1) is 13.1 Å². The maximum absolute atomic E-state index is 11.1. The van der Waals surface area contributed by atoms with Crippen molar-refractivity contribution in [3.63, 3.8) is 0 Å². The summed E-state index contributed by atoms with van der Waals surface area (Å²) in [6.45, 7) is 0.999. The SMILES string of the molecule is CN(C)Cc1ccc(-c2noc(CNC(=O)CN)n2)cc1. The standard InChI is InChI=1S/C14H19N5O2/c1-19(2)9-10-3-5-11(6-4-10)14-17-13(21-18-14)8-16-12(20)7-15/h3-6H,7-9,15H2,1-2H3,(H,16,20). The fourth-order valence-corrected chi connectivity index (χ4v) is 1.81. The van der Waals surface area contributed by atoms with Gasteiger partial charge in [0.2, 0.25) is 17.6 Å². The third-order valence-electron chi connectivity index (χ3n) is 2.80. The number of rotatable bonds is 6. The number of hydrogen-bond acceptors (Lipinski definition) is 6. The molecule has 7 heteroatoms. The summed E-state index contributed by atoms with van der Waals surface area (Å²) in [7, 11) is 4.05. The summed E-state index contributed by atoms with van der Waals surface area (Å²) in [4.78, 5) is 17.4. The lowest BCUT2D eigenvalue weighted by Gasteiger charge is -2.09. The molecule has 1 aromatic carbocycles. The molecule has 0 fully saturated rings. The van der Waals surface area contributed by atoms with Crippen LogP contribution in [0.4, 0.5) is 0 Å². The van der Waals surface area contributed by atoms with Crippen LogP contribution in [0, 0.1) is 0 Å². The molecule has 1 aromatic heterocycles. The van der Waals surface area contributed by atoms with E-state index in [1.54, 1.807) is 0 Å². The highest BCUT2D eigenvalue weighted by atomic mass is 16.5. The van der Waals surface area contributed by atoms with Gasteiger partial charge in [-0.15, -0.1) is 0 Å². The number of aromatic nitrogens is 2. The zero-order valence-electron chi connectivity index (χ0n) is 12.2. The highest BCUT2D eigenvalue weighted by molar-refractivity contribution is 5.77. The second-order valence-corrected chi connectivity index (χ2v) is 4.93. The fourth-order valence-electron chi connectivity index (χ4n) is 1.81. The van der Waals surface area contributed by atoms with Crippen LogP contribution in [0.1, 0.15) is 11.5 Å². The van der Waals surface area contributed by atoms with E-state index in [0.717, 1.165) is 12.1 Å². The molecule has 0 radical (unpaired) electrons. The van der Waals surface area contributed by atoms with Crippen molar-refractivity contribution < 1.29 is 9.32 Å². The molecule has 0 aliphatic rings. The predicted octanol–water partition coefficient (Wildman–Crippen LogP) is 0.373. The molecule has 2 aromatic rings. The highest BCUT2D eigenvalue weighted by Gasteiger charge is 2.09. The molecule has 21 heavy (non-hydrogen) atoms. The monoisotopic (exact) mass is 289 g/mol. The number of carbonyl (C=O) groups is 1. The summed E-state index contributed by atoms with van der Waals surface area (Å²) in [5.74, 6) is 0.593. The van der Waals surface area contributed by atoms with Gasteiger partial charge < -0.3 is 20.5 Å². The minimum absolute atomic E-state index is 0.0612. The van der Waals surface area contributed by atoms with Gasteiger partial charge in [-0.1, -0.05) is 29.4 Å². The van der Waals surface area contributed by atoms with Crippen molar-refractivity contribution in [3.05, 3.63) is 35.7 Å². The van der Waals surface area contributed by atoms with Crippen molar-refractivity contribution in [2.75, 3.05) is 20.6 Å². The Balaban J connectivity index is 2.02. The number of nitrogens with zero attached hydrogens (tertiary/aromatic N) is 3. The predicted molar refractivity (Wildman–Crippen MR) is 78.0 cm³/mol. The summed E-state index contributed by atoms with van der Waals surface area (Å²) < 4.78 is 5.08. The van der Waals surface area contributed by atoms with Gasteiger partial charge in [0.1, 0.15) is 0 Å². The lowest BCUT2D eigenvalue weighted by Crippen LogP contribution is -2.29. The molecule has 2 rings (SSSR count). The molecule has 0 aliphatic heterocycles. The molecule has 3 N–H and O–H groups in total. The fraction of sp³-hybridized carbons (Fsp3) is 0.357. The van der Waals surface area contributed by atoms with Gasteiger partial charge in [-0.05, 0) is 19.7 Å². The van der Waals surface area contributed by atoms with Crippen LogP contribution in [-0.4, -0.2) is 41.6 Å². The molecular weight excluding hydrogens is 270 g/mol. The van der Waals surface area contributed by atoms with Crippen molar-refractivity contribution in [2.24, 2.45) is 5.73 Å². The van der Waals surface area contributed by atoms with E-state index >= 15 is 0 Å². The number of hydrogen-bond donors (Lipinski definition) is 2. The molecule has 0 saturated heterocycles. The van der Waals surface area contributed by atoms with Crippen LogP contribution in [0.15, 0.2) is 28.8 Å². The number of nitrogens with one attached hydrogen (secondary N) is 1. The third kappa shape index (κ3) is 4.37. The van der Waals surface area contributed by atoms with Crippen LogP contribution < -0.4 is 11.1 Å². The molecule has 0 unspecified atom stereocenters. The van der Waals surface area contributed by atoms with Crippen molar-refractivity contribution in [1.29, 1.82) is 0 Å². The zero-order chi connectivity index (χ0) is 15.2. The van der Waals surface area contributed by atoms with Crippen LogP contribution >= 0.6 is 0 Å². The minimum atomic E-state index is -0.261. The first-order valence-electron chi connectivity index (χ1n) is 6.62. The number of carbonyl (C=O) groups excluding carboxylic acids is 1. The Morgan fingerprint density at radius 2 is 2.05 bits per heavy atom. The first-order valence-corrected chi connectivity index (χ1v) is 6.62. The molecule has 0 aliphatic carbocycles. The van der Waals surface area contributed by atoms with E-state index in [0.29, 0.717) is 11.7 Å². The van der Waals surface area contributed by atoms with E-state index in [2.05, 4.69) is 20.4 Å². The Morgan fingerprint density at radius 3 is 2.67 bits per heavy atom. The summed E-state index contributed by atoms with van der Waals surface area (Å²) in [5.41, 5.74) is 7.28. The van der Waals surface area contributed by atoms with Gasteiger partial charge in [-0.2, -0.15) is 4.98 Å². The van der Waals surface area contributed by atoms with Gasteiger partial charge in [0.15, 0.2) is 0 Å². The maximum Gasteiger partial charge on any atom is 0.246 e. The van der Waals surface area contributed by atoms with Gasteiger partial charge in [-0.25, -0.2) is 0 Å². The average molecular weight is 289 g/mol. The van der Waals surface area contributed by atoms with Crippen molar-refractivity contribution in [1.82, 2.24) is 20.4 Å². The highest BCUT2D eigenvalue weighted by Crippen LogP contribution is 2.17. The van der Waals surface area contributed by atoms with Crippen LogP contribution in [-0.2, 0) is 17.9 Å². The number of benzene rings is 1. The van der Waals surface area contributed by atoms with E-state index in [9.17, 15) is 4.79 Å². The van der Waals surface area contributed by atoms with Crippen LogP contribution in [0.25, 0.3) is 11.4 Å². The Hall–Kier alpha value is -2.25. The lowest BCUT2D eigenvalue weighted by atomic mass is 10.1. The quantitative estimate of drug-likeness (QED) is 0.797. The Morgan fingerprint density at radius 1 is 1.33 bits per heavy atom. The minimum Gasteiger partial charge on any atom is -0.346 e. The first kappa shape index (κ1) is 15.1. The van der Waals surface area contributed by atoms with Crippen LogP contribution in [0.3, 0.4) is 0 Å². The Labute approximate surface area is 123 Å². The number of nitrogens with two attached hydrogens (primary N) is 1. The van der Waals surface area contributed by atoms with E-state index in [1.165, 1.54) is 5.56 Å². The van der Waals surface area contributed by atoms with Gasteiger partial charge >= 0.3 is 0 Å². The van der Waals surface area contributed by atoms with Crippen molar-refractivity contribution in [3.8, 4) is 11.4 Å². The summed E-state index contributed by atoms with van der Waals surface area (Å²) in [6.07, 6.45) is 0. The molecule has 112 valence electrons. The number of amides is 1. The summed E-state index contributed by atoms with van der Waals surface area (Å²) in [5, 5.41) is 6.48. The molecule has 0 saturated carbocycles. The topological polar surface area (TPSA) is 97.3 Å². The summed E-state index contributed by atoms with van der Waals surface area (Å²) in [6, 6.07) is 7.96. The van der Waals surface area contributed by atoms with Crippen molar-refractivity contribution >= 4 is 5.91 Å². The molecule has 0 atom stereocenters. The average Bonchev–Trinajstić information content (AvgIpc) is 2.94. The van der Waals surface area contributed by atoms with Gasteiger partial charge in [0.25, 0.3) is 0 Å². The molecular formula is C14H19N5O2. The van der Waals surface area contributed by atoms with E-state index in [-0.39, 0.29) is 19.0 Å². The lowest BCUT2D eigenvalue weighted by molar-refractivity contribution is -0.120. The largest absolute Gasteiger partial charge is 0.346 e. The zero-order valence-corrected chi connectivity index (χ0v) is 12.2. The van der Waals surface area contributed by atoms with Crippen LogP contribution in [0.5, 0.6) is 0 Å². The van der Waals surface area contributed by atoms with E-state index in [4.69, 9.17) is 10.3 Å². The van der Waals surface area contributed by atoms with Crippen molar-refractivity contribution in [2.45, 2.75) is 13.1 Å². The van der Waals surface area contributed by atoms with Gasteiger partial charge in [0, 0.05) is 12.1 Å². The summed E-state index contributed by atoms with van der Waals surface area (Å²) >= 11 is 0. The Kier molecular flexibility index (Phi) is 5.02. The molecule has 0 spiro atoms. The molecule has 7 nitrogen and oxygen atoms in total. The smallest absolute Gasteiger partial charge is 0.246 e. The van der Waals surface area contributed by atoms with Crippen LogP contribution in [0.2, 0.25) is 0 Å². The molecule has 0 bridgehead atoms. The molecule has 1 heterocycles. The van der Waals surface area contributed by atoms with Gasteiger partial charge in [-0.3, -0.25) is 4.79 Å².